The minimum absolute atomic E-state index is 0. The summed E-state index contributed by atoms with van der Waals surface area (Å²) < 4.78 is 5.84. The van der Waals surface area contributed by atoms with Gasteiger partial charge in [0.2, 0.25) is 5.91 Å². The number of hydrogen-bond donors (Lipinski definition) is 2. The highest BCUT2D eigenvalue weighted by atomic mass is 127. The first-order valence-corrected chi connectivity index (χ1v) is 9.06. The number of halogens is 2. The van der Waals surface area contributed by atoms with E-state index in [1.807, 2.05) is 36.9 Å². The molecule has 0 spiro atoms. The molecule has 8 heteroatoms. The van der Waals surface area contributed by atoms with Gasteiger partial charge < -0.3 is 20.3 Å². The van der Waals surface area contributed by atoms with Crippen LogP contribution in [0.3, 0.4) is 0 Å². The molecule has 2 N–H and O–H groups in total. The fourth-order valence-electron chi connectivity index (χ4n) is 2.77. The van der Waals surface area contributed by atoms with Gasteiger partial charge in [0.15, 0.2) is 5.96 Å². The first kappa shape index (κ1) is 22.8. The molecule has 146 valence electrons. The molecule has 0 aliphatic carbocycles. The lowest BCUT2D eigenvalue weighted by atomic mass is 10.3. The van der Waals surface area contributed by atoms with Gasteiger partial charge in [0.05, 0.1) is 6.54 Å². The Morgan fingerprint density at radius 1 is 1.50 bits per heavy atom. The fraction of sp³-hybridized carbons (Fsp3) is 0.556. The summed E-state index contributed by atoms with van der Waals surface area (Å²) in [6.45, 7) is 6.01. The highest BCUT2D eigenvalue weighted by molar-refractivity contribution is 14.0. The van der Waals surface area contributed by atoms with Crippen LogP contribution in [0.15, 0.2) is 29.3 Å². The zero-order valence-electron chi connectivity index (χ0n) is 15.5. The Morgan fingerprint density at radius 2 is 2.27 bits per heavy atom. The molecule has 0 bridgehead atoms. The Balaban J connectivity index is 0.00000338. The number of aliphatic imine (C=N–C) groups is 1. The minimum atomic E-state index is -0.0428. The van der Waals surface area contributed by atoms with Crippen molar-refractivity contribution >= 4 is 47.4 Å². The molecule has 2 rings (SSSR count). The molecule has 6 nitrogen and oxygen atoms in total. The Bertz CT molecular complexity index is 615. The van der Waals surface area contributed by atoms with Gasteiger partial charge in [0.25, 0.3) is 0 Å². The summed E-state index contributed by atoms with van der Waals surface area (Å²) in [4.78, 5) is 17.9. The Kier molecular flexibility index (Phi) is 10.1. The van der Waals surface area contributed by atoms with Crippen LogP contribution in [-0.4, -0.2) is 55.6 Å². The predicted molar refractivity (Wildman–Crippen MR) is 117 cm³/mol. The number of likely N-dealkylation sites (tertiary alicyclic amines) is 1. The molecule has 2 atom stereocenters. The average molecular weight is 495 g/mol. The van der Waals surface area contributed by atoms with Crippen molar-refractivity contribution < 1.29 is 9.53 Å². The van der Waals surface area contributed by atoms with Gasteiger partial charge in [0, 0.05) is 37.6 Å². The molecule has 1 aliphatic rings. The number of ether oxygens (including phenoxy) is 1. The molecule has 1 amide bonds. The van der Waals surface area contributed by atoms with Crippen LogP contribution >= 0.6 is 35.6 Å². The van der Waals surface area contributed by atoms with Gasteiger partial charge >= 0.3 is 0 Å². The fourth-order valence-corrected chi connectivity index (χ4v) is 2.95. The molecular formula is C18H28ClIN4O2. The summed E-state index contributed by atoms with van der Waals surface area (Å²) in [7, 11) is 1.74. The van der Waals surface area contributed by atoms with Crippen molar-refractivity contribution in [1.82, 2.24) is 15.5 Å². The average Bonchev–Trinajstić information content (AvgIpc) is 3.06. The second kappa shape index (κ2) is 11.5. The number of carbonyl (C=O) groups is 1. The van der Waals surface area contributed by atoms with E-state index in [0.29, 0.717) is 18.0 Å². The van der Waals surface area contributed by atoms with Crippen molar-refractivity contribution in [2.75, 3.05) is 26.7 Å². The van der Waals surface area contributed by atoms with E-state index in [4.69, 9.17) is 16.3 Å². The molecule has 1 saturated heterocycles. The summed E-state index contributed by atoms with van der Waals surface area (Å²) in [6.07, 6.45) is 1.44. The van der Waals surface area contributed by atoms with E-state index in [1.54, 1.807) is 13.1 Å². The molecule has 2 unspecified atom stereocenters. The Morgan fingerprint density at radius 3 is 2.92 bits per heavy atom. The number of nitrogens with one attached hydrogen (secondary N) is 2. The summed E-state index contributed by atoms with van der Waals surface area (Å²) >= 11 is 5.97. The molecule has 0 aromatic heterocycles. The van der Waals surface area contributed by atoms with Crippen molar-refractivity contribution in [1.29, 1.82) is 0 Å². The maximum absolute atomic E-state index is 11.8. The second-order valence-corrected chi connectivity index (χ2v) is 6.60. The first-order chi connectivity index (χ1) is 12.0. The molecule has 1 fully saturated rings. The van der Waals surface area contributed by atoms with Crippen LogP contribution in [0.4, 0.5) is 0 Å². The quantitative estimate of drug-likeness (QED) is 0.363. The summed E-state index contributed by atoms with van der Waals surface area (Å²) in [5.74, 6) is 1.67. The SMILES string of the molecule is CCC(=O)N1CCC(NC(=NC)NCC(C)Oc2cccc(Cl)c2)C1.I. The van der Waals surface area contributed by atoms with E-state index < -0.39 is 0 Å². The Labute approximate surface area is 177 Å². The summed E-state index contributed by atoms with van der Waals surface area (Å²) in [5, 5.41) is 7.29. The zero-order valence-corrected chi connectivity index (χ0v) is 18.6. The maximum Gasteiger partial charge on any atom is 0.222 e. The van der Waals surface area contributed by atoms with Crippen LogP contribution in [-0.2, 0) is 4.79 Å². The van der Waals surface area contributed by atoms with E-state index in [-0.39, 0.29) is 42.0 Å². The number of rotatable bonds is 6. The van der Waals surface area contributed by atoms with Crippen molar-refractivity contribution in [2.24, 2.45) is 4.99 Å². The lowest BCUT2D eigenvalue weighted by molar-refractivity contribution is -0.129. The van der Waals surface area contributed by atoms with Gasteiger partial charge in [-0.05, 0) is 31.5 Å². The molecule has 1 aromatic rings. The lowest BCUT2D eigenvalue weighted by Gasteiger charge is -2.21. The molecule has 1 heterocycles. The van der Waals surface area contributed by atoms with E-state index in [1.165, 1.54) is 0 Å². The van der Waals surface area contributed by atoms with Gasteiger partial charge in [-0.3, -0.25) is 9.79 Å². The predicted octanol–water partition coefficient (Wildman–Crippen LogP) is 2.90. The standard InChI is InChI=1S/C18H27ClN4O2.HI/c1-4-17(24)23-9-8-15(12-23)22-18(20-3)21-11-13(2)25-16-7-5-6-14(19)10-16;/h5-7,10,13,15H,4,8-9,11-12H2,1-3H3,(H2,20,21,22);1H. The summed E-state index contributed by atoms with van der Waals surface area (Å²) in [6, 6.07) is 7.58. The molecule has 0 radical (unpaired) electrons. The molecule has 1 aromatic carbocycles. The number of carbonyl (C=O) groups excluding carboxylic acids is 1. The van der Waals surface area contributed by atoms with Crippen LogP contribution in [0, 0.1) is 0 Å². The van der Waals surface area contributed by atoms with E-state index >= 15 is 0 Å². The summed E-state index contributed by atoms with van der Waals surface area (Å²) in [5.41, 5.74) is 0. The van der Waals surface area contributed by atoms with Crippen molar-refractivity contribution in [3.8, 4) is 5.75 Å². The molecular weight excluding hydrogens is 467 g/mol. The normalized spacial score (nSPS) is 18.1. The Hall–Kier alpha value is -1.22. The van der Waals surface area contributed by atoms with Gasteiger partial charge in [0.1, 0.15) is 11.9 Å². The molecule has 26 heavy (non-hydrogen) atoms. The number of nitrogens with zero attached hydrogens (tertiary/aromatic N) is 2. The van der Waals surface area contributed by atoms with Gasteiger partial charge in [-0.15, -0.1) is 24.0 Å². The third-order valence-electron chi connectivity index (χ3n) is 4.10. The third kappa shape index (κ3) is 7.19. The van der Waals surface area contributed by atoms with Gasteiger partial charge in [-0.25, -0.2) is 0 Å². The van der Waals surface area contributed by atoms with Crippen molar-refractivity contribution in [3.63, 3.8) is 0 Å². The van der Waals surface area contributed by atoms with Gasteiger partial charge in [-0.1, -0.05) is 24.6 Å². The van der Waals surface area contributed by atoms with Crippen molar-refractivity contribution in [2.45, 2.75) is 38.8 Å². The number of hydrogen-bond acceptors (Lipinski definition) is 3. The van der Waals surface area contributed by atoms with E-state index in [2.05, 4.69) is 15.6 Å². The van der Waals surface area contributed by atoms with Gasteiger partial charge in [-0.2, -0.15) is 0 Å². The zero-order chi connectivity index (χ0) is 18.2. The monoisotopic (exact) mass is 494 g/mol. The lowest BCUT2D eigenvalue weighted by Crippen LogP contribution is -2.47. The van der Waals surface area contributed by atoms with E-state index in [9.17, 15) is 4.79 Å². The highest BCUT2D eigenvalue weighted by Crippen LogP contribution is 2.18. The number of guanidine groups is 1. The highest BCUT2D eigenvalue weighted by Gasteiger charge is 2.25. The number of benzene rings is 1. The number of amides is 1. The van der Waals surface area contributed by atoms with Crippen molar-refractivity contribution in [3.05, 3.63) is 29.3 Å². The minimum Gasteiger partial charge on any atom is -0.489 e. The topological polar surface area (TPSA) is 66.0 Å². The third-order valence-corrected chi connectivity index (χ3v) is 4.33. The largest absolute Gasteiger partial charge is 0.489 e. The molecule has 1 aliphatic heterocycles. The second-order valence-electron chi connectivity index (χ2n) is 6.16. The van der Waals surface area contributed by atoms with Crippen LogP contribution in [0.1, 0.15) is 26.7 Å². The maximum atomic E-state index is 11.8. The van der Waals surface area contributed by atoms with E-state index in [0.717, 1.165) is 31.2 Å². The van der Waals surface area contributed by atoms with Crippen LogP contribution in [0.25, 0.3) is 0 Å². The first-order valence-electron chi connectivity index (χ1n) is 8.69. The van der Waals surface area contributed by atoms with Crippen LogP contribution in [0.2, 0.25) is 5.02 Å². The molecule has 0 saturated carbocycles. The van der Waals surface area contributed by atoms with Crippen LogP contribution in [0.5, 0.6) is 5.75 Å². The van der Waals surface area contributed by atoms with Crippen LogP contribution < -0.4 is 15.4 Å². The smallest absolute Gasteiger partial charge is 0.222 e.